The van der Waals surface area contributed by atoms with Crippen molar-refractivity contribution in [1.29, 1.82) is 0 Å². The number of ketones is 1. The number of aliphatic hydroxyl groups is 1. The van der Waals surface area contributed by atoms with Crippen LogP contribution in [0.5, 0.6) is 0 Å². The van der Waals surface area contributed by atoms with Crippen LogP contribution in [0.3, 0.4) is 0 Å². The summed E-state index contributed by atoms with van der Waals surface area (Å²) in [6.45, 7) is 2.94. The highest BCUT2D eigenvalue weighted by Gasteiger charge is 2.58. The van der Waals surface area contributed by atoms with Gasteiger partial charge in [0, 0.05) is 13.0 Å². The molecule has 4 saturated carbocycles. The molecule has 1 N–H and O–H groups in total. The van der Waals surface area contributed by atoms with E-state index < -0.39 is 5.60 Å². The fraction of sp³-hybridized carbons (Fsp3) is 0.957. The van der Waals surface area contributed by atoms with Gasteiger partial charge in [0.2, 0.25) is 0 Å². The zero-order chi connectivity index (χ0) is 19.2. The zero-order valence-corrected chi connectivity index (χ0v) is 18.2. The van der Waals surface area contributed by atoms with Crippen LogP contribution in [0, 0.1) is 40.9 Å². The molecule has 0 spiro atoms. The number of hydrogen-bond donors (Lipinski definition) is 1. The summed E-state index contributed by atoms with van der Waals surface area (Å²) in [5, 5.41) is 10.9. The number of carbonyl (C=O) groups excluding carboxylic acids is 1. The van der Waals surface area contributed by atoms with Crippen molar-refractivity contribution in [1.82, 2.24) is 0 Å². The molecule has 4 heteroatoms. The second kappa shape index (κ2) is 7.65. The Bertz CT molecular complexity index is 566. The maximum atomic E-state index is 12.8. The molecular formula is C23H38O3S. The van der Waals surface area contributed by atoms with Crippen LogP contribution in [0.2, 0.25) is 0 Å². The van der Waals surface area contributed by atoms with Crippen molar-refractivity contribution in [2.45, 2.75) is 70.3 Å². The molecule has 0 bridgehead atoms. The van der Waals surface area contributed by atoms with Gasteiger partial charge in [0.15, 0.2) is 0 Å². The SMILES string of the molecule is COC[C@]1(O)CC[C@H]2[C@H](CC[C@@H]3[C@@H]2CC[C@]2(C)[C@@H](C(=O)CSC)CC[C@@H]32)C1. The first-order valence-corrected chi connectivity index (χ1v) is 12.5. The zero-order valence-electron chi connectivity index (χ0n) is 17.4. The molecule has 0 heterocycles. The third-order valence-electron chi connectivity index (χ3n) is 9.19. The van der Waals surface area contributed by atoms with Gasteiger partial charge in [0.1, 0.15) is 5.78 Å². The van der Waals surface area contributed by atoms with Gasteiger partial charge in [0.05, 0.1) is 18.0 Å². The fourth-order valence-corrected chi connectivity index (χ4v) is 8.62. The lowest BCUT2D eigenvalue weighted by Crippen LogP contribution is -2.52. The summed E-state index contributed by atoms with van der Waals surface area (Å²) in [6, 6.07) is 0. The van der Waals surface area contributed by atoms with Crippen LogP contribution in [0.4, 0.5) is 0 Å². The Morgan fingerprint density at radius 2 is 1.85 bits per heavy atom. The van der Waals surface area contributed by atoms with Gasteiger partial charge >= 0.3 is 0 Å². The van der Waals surface area contributed by atoms with Gasteiger partial charge < -0.3 is 9.84 Å². The Morgan fingerprint density at radius 3 is 2.59 bits per heavy atom. The summed E-state index contributed by atoms with van der Waals surface area (Å²) in [5.41, 5.74) is -0.332. The minimum absolute atomic E-state index is 0.256. The molecule has 0 aromatic rings. The average molecular weight is 395 g/mol. The van der Waals surface area contributed by atoms with Gasteiger partial charge in [-0.15, -0.1) is 0 Å². The molecule has 4 rings (SSSR count). The van der Waals surface area contributed by atoms with Gasteiger partial charge in [-0.2, -0.15) is 11.8 Å². The number of carbonyl (C=O) groups is 1. The largest absolute Gasteiger partial charge is 0.387 e. The van der Waals surface area contributed by atoms with Crippen molar-refractivity contribution in [3.05, 3.63) is 0 Å². The van der Waals surface area contributed by atoms with E-state index in [0.717, 1.165) is 42.9 Å². The van der Waals surface area contributed by atoms with Gasteiger partial charge in [-0.3, -0.25) is 4.79 Å². The summed E-state index contributed by atoms with van der Waals surface area (Å²) >= 11 is 1.69. The van der Waals surface area contributed by atoms with E-state index in [2.05, 4.69) is 13.2 Å². The van der Waals surface area contributed by atoms with Crippen molar-refractivity contribution >= 4 is 17.5 Å². The standard InChI is InChI=1S/C23H38O3S/c1-22-10-8-17-16-9-11-23(25,14-26-2)12-15(16)4-5-18(17)19(22)6-7-20(22)21(24)13-27-3/h15-20,25H,4-14H2,1-3H3/t15-,16+,17-,18-,19+,20-,22+,23+/m1/s1. The van der Waals surface area contributed by atoms with E-state index >= 15 is 0 Å². The maximum absolute atomic E-state index is 12.8. The molecule has 0 aromatic carbocycles. The first-order valence-electron chi connectivity index (χ1n) is 11.1. The summed E-state index contributed by atoms with van der Waals surface area (Å²) in [5.74, 6) is 5.42. The molecule has 4 aliphatic carbocycles. The monoisotopic (exact) mass is 394 g/mol. The van der Waals surface area contributed by atoms with E-state index in [-0.39, 0.29) is 5.41 Å². The highest BCUT2D eigenvalue weighted by atomic mass is 32.2. The molecular weight excluding hydrogens is 356 g/mol. The number of Topliss-reactive ketones (excluding diaryl/α,β-unsaturated/α-hetero) is 1. The van der Waals surface area contributed by atoms with E-state index in [4.69, 9.17) is 4.74 Å². The van der Waals surface area contributed by atoms with E-state index in [1.807, 2.05) is 0 Å². The molecule has 0 unspecified atom stereocenters. The highest BCUT2D eigenvalue weighted by molar-refractivity contribution is 7.99. The van der Waals surface area contributed by atoms with Crippen LogP contribution < -0.4 is 0 Å². The van der Waals surface area contributed by atoms with Crippen molar-refractivity contribution in [2.24, 2.45) is 40.9 Å². The number of hydrogen-bond acceptors (Lipinski definition) is 4. The molecule has 0 radical (unpaired) electrons. The Morgan fingerprint density at radius 1 is 1.07 bits per heavy atom. The molecule has 0 aromatic heterocycles. The third kappa shape index (κ3) is 3.42. The second-order valence-electron chi connectivity index (χ2n) is 10.4. The molecule has 0 amide bonds. The number of fused-ring (bicyclic) bond motifs is 5. The number of ether oxygens (including phenoxy) is 1. The summed E-state index contributed by atoms with van der Waals surface area (Å²) in [7, 11) is 1.71. The molecule has 154 valence electrons. The number of methoxy groups -OCH3 is 1. The van der Waals surface area contributed by atoms with Crippen molar-refractivity contribution in [3.8, 4) is 0 Å². The molecule has 4 fully saturated rings. The van der Waals surface area contributed by atoms with Gasteiger partial charge in [-0.05, 0) is 99.0 Å². The van der Waals surface area contributed by atoms with Crippen LogP contribution in [-0.2, 0) is 9.53 Å². The highest BCUT2D eigenvalue weighted by Crippen LogP contribution is 2.64. The molecule has 0 saturated heterocycles. The Kier molecular flexibility index (Phi) is 5.73. The summed E-state index contributed by atoms with van der Waals surface area (Å²) in [4.78, 5) is 12.8. The first kappa shape index (κ1) is 20.2. The van der Waals surface area contributed by atoms with Crippen LogP contribution in [0.25, 0.3) is 0 Å². The first-order chi connectivity index (χ1) is 12.9. The van der Waals surface area contributed by atoms with Crippen LogP contribution in [0.15, 0.2) is 0 Å². The molecule has 8 atom stereocenters. The third-order valence-corrected chi connectivity index (χ3v) is 9.77. The predicted octanol–water partition coefficient (Wildman–Crippen LogP) is 4.56. The molecule has 3 nitrogen and oxygen atoms in total. The second-order valence-corrected chi connectivity index (χ2v) is 11.3. The number of thioether (sulfide) groups is 1. The van der Waals surface area contributed by atoms with E-state index in [1.54, 1.807) is 18.9 Å². The van der Waals surface area contributed by atoms with Crippen molar-refractivity contribution in [3.63, 3.8) is 0 Å². The Labute approximate surface area is 169 Å². The minimum atomic E-state index is -0.589. The Balaban J connectivity index is 1.48. The molecule has 0 aliphatic heterocycles. The molecule has 4 aliphatic rings. The van der Waals surface area contributed by atoms with E-state index in [9.17, 15) is 9.90 Å². The predicted molar refractivity (Wildman–Crippen MR) is 111 cm³/mol. The van der Waals surface area contributed by atoms with Crippen LogP contribution in [-0.4, -0.2) is 42.2 Å². The van der Waals surface area contributed by atoms with E-state index in [1.165, 1.54) is 38.5 Å². The molecule has 27 heavy (non-hydrogen) atoms. The lowest BCUT2D eigenvalue weighted by molar-refractivity contribution is -0.134. The minimum Gasteiger partial charge on any atom is -0.387 e. The van der Waals surface area contributed by atoms with Crippen LogP contribution >= 0.6 is 11.8 Å². The Hall–Kier alpha value is -0.0600. The quantitative estimate of drug-likeness (QED) is 0.742. The van der Waals surface area contributed by atoms with Gasteiger partial charge in [0.25, 0.3) is 0 Å². The average Bonchev–Trinajstić information content (AvgIpc) is 2.98. The summed E-state index contributed by atoms with van der Waals surface area (Å²) < 4.78 is 5.31. The lowest BCUT2D eigenvalue weighted by atomic mass is 9.49. The van der Waals surface area contributed by atoms with Crippen molar-refractivity contribution in [2.75, 3.05) is 25.7 Å². The maximum Gasteiger partial charge on any atom is 0.146 e. The number of rotatable bonds is 5. The summed E-state index contributed by atoms with van der Waals surface area (Å²) in [6.07, 6.45) is 12.6. The topological polar surface area (TPSA) is 46.5 Å². The van der Waals surface area contributed by atoms with Gasteiger partial charge in [-0.25, -0.2) is 0 Å². The normalized spacial score (nSPS) is 49.2. The smallest absolute Gasteiger partial charge is 0.146 e. The van der Waals surface area contributed by atoms with Crippen molar-refractivity contribution < 1.29 is 14.6 Å². The van der Waals surface area contributed by atoms with Gasteiger partial charge in [-0.1, -0.05) is 6.92 Å². The van der Waals surface area contributed by atoms with E-state index in [0.29, 0.717) is 30.0 Å². The van der Waals surface area contributed by atoms with Crippen LogP contribution in [0.1, 0.15) is 64.7 Å². The fourth-order valence-electron chi connectivity index (χ4n) is 8.13. The lowest BCUT2D eigenvalue weighted by Gasteiger charge is -2.57.